The van der Waals surface area contributed by atoms with Crippen molar-refractivity contribution in [1.82, 2.24) is 9.47 Å². The number of pyridine rings is 1. The molecule has 2 aromatic rings. The van der Waals surface area contributed by atoms with Gasteiger partial charge in [0.2, 0.25) is 5.43 Å². The maximum atomic E-state index is 13.0. The van der Waals surface area contributed by atoms with Gasteiger partial charge in [-0.05, 0) is 23.6 Å². The maximum Gasteiger partial charge on any atom is 0.274 e. The predicted molar refractivity (Wildman–Crippen MR) is 103 cm³/mol. The molecule has 6 nitrogen and oxygen atoms in total. The van der Waals surface area contributed by atoms with Gasteiger partial charge in [-0.25, -0.2) is 0 Å². The van der Waals surface area contributed by atoms with Crippen molar-refractivity contribution in [1.29, 1.82) is 0 Å². The predicted octanol–water partition coefficient (Wildman–Crippen LogP) is 3.21. The number of nitrogens with zero attached hydrogens (tertiary/aromatic N) is 2. The smallest absolute Gasteiger partial charge is 0.274 e. The normalized spacial score (nSPS) is 15.2. The molecule has 1 amide bonds. The molecular formula is C19H20Cl2N2O4. The molecule has 1 atom stereocenters. The summed E-state index contributed by atoms with van der Waals surface area (Å²) < 4.78 is 1.54. The van der Waals surface area contributed by atoms with Crippen molar-refractivity contribution < 1.29 is 15.0 Å². The van der Waals surface area contributed by atoms with Crippen LogP contribution in [0.1, 0.15) is 41.7 Å². The number of rotatable bonds is 4. The Balaban J connectivity index is 1.99. The van der Waals surface area contributed by atoms with Gasteiger partial charge in [0.15, 0.2) is 11.4 Å². The summed E-state index contributed by atoms with van der Waals surface area (Å²) in [5, 5.41) is 21.5. The quantitative estimate of drug-likeness (QED) is 0.810. The van der Waals surface area contributed by atoms with Crippen LogP contribution in [0, 0.1) is 5.92 Å². The highest BCUT2D eigenvalue weighted by molar-refractivity contribution is 6.42. The Morgan fingerprint density at radius 3 is 2.44 bits per heavy atom. The van der Waals surface area contributed by atoms with Crippen molar-refractivity contribution in [3.63, 3.8) is 0 Å². The standard InChI is InChI=1S/C19H20Cl2N2O4/c1-10(2)17(25)14-8-15(24)18(26)16-19(27)22(5-6-23(14)16)9-11-3-4-12(20)13(21)7-11/h3-4,7-8,10,17,25-26H,5-6,9H2,1-2H3. The third-order valence-electron chi connectivity index (χ3n) is 4.69. The molecule has 2 heterocycles. The lowest BCUT2D eigenvalue weighted by molar-refractivity contribution is 0.0662. The van der Waals surface area contributed by atoms with Gasteiger partial charge >= 0.3 is 0 Å². The summed E-state index contributed by atoms with van der Waals surface area (Å²) >= 11 is 12.0. The number of aliphatic hydroxyl groups excluding tert-OH is 1. The Hall–Kier alpha value is -2.02. The minimum Gasteiger partial charge on any atom is -0.503 e. The highest BCUT2D eigenvalue weighted by Gasteiger charge is 2.32. The van der Waals surface area contributed by atoms with Crippen LogP contribution in [0.4, 0.5) is 0 Å². The molecule has 1 aromatic heterocycles. The first kappa shape index (κ1) is 19.7. The first-order chi connectivity index (χ1) is 12.7. The Kier molecular flexibility index (Phi) is 5.51. The van der Waals surface area contributed by atoms with Gasteiger partial charge in [0.1, 0.15) is 0 Å². The fraction of sp³-hybridized carbons (Fsp3) is 0.368. The van der Waals surface area contributed by atoms with Gasteiger partial charge in [0, 0.05) is 25.7 Å². The van der Waals surface area contributed by atoms with E-state index >= 15 is 0 Å². The molecule has 0 aliphatic carbocycles. The molecule has 0 saturated carbocycles. The molecule has 0 fully saturated rings. The molecule has 8 heteroatoms. The Bertz CT molecular complexity index is 955. The zero-order chi connectivity index (χ0) is 19.9. The summed E-state index contributed by atoms with van der Waals surface area (Å²) in [4.78, 5) is 26.6. The van der Waals surface area contributed by atoms with E-state index in [0.29, 0.717) is 28.8 Å². The maximum absolute atomic E-state index is 13.0. The molecule has 0 bridgehead atoms. The number of halogens is 2. The number of hydrogen-bond acceptors (Lipinski definition) is 4. The van der Waals surface area contributed by atoms with E-state index in [4.69, 9.17) is 23.2 Å². The van der Waals surface area contributed by atoms with Crippen molar-refractivity contribution in [2.75, 3.05) is 6.54 Å². The summed E-state index contributed by atoms with van der Waals surface area (Å²) in [5.41, 5.74) is 0.348. The fourth-order valence-electron chi connectivity index (χ4n) is 3.18. The summed E-state index contributed by atoms with van der Waals surface area (Å²) in [6.07, 6.45) is -0.911. The van der Waals surface area contributed by atoms with Crippen LogP contribution in [0.15, 0.2) is 29.1 Å². The van der Waals surface area contributed by atoms with Gasteiger partial charge in [-0.15, -0.1) is 0 Å². The van der Waals surface area contributed by atoms with Crippen LogP contribution in [0.3, 0.4) is 0 Å². The first-order valence-corrected chi connectivity index (χ1v) is 9.34. The van der Waals surface area contributed by atoms with E-state index in [1.54, 1.807) is 18.2 Å². The number of aromatic hydroxyl groups is 1. The Morgan fingerprint density at radius 1 is 1.11 bits per heavy atom. The lowest BCUT2D eigenvalue weighted by Crippen LogP contribution is -2.42. The van der Waals surface area contributed by atoms with Crippen LogP contribution in [0.5, 0.6) is 5.75 Å². The summed E-state index contributed by atoms with van der Waals surface area (Å²) in [7, 11) is 0. The second kappa shape index (κ2) is 7.54. The summed E-state index contributed by atoms with van der Waals surface area (Å²) in [6.45, 7) is 4.62. The monoisotopic (exact) mass is 410 g/mol. The molecule has 3 rings (SSSR count). The van der Waals surface area contributed by atoms with E-state index in [-0.39, 0.29) is 18.2 Å². The van der Waals surface area contributed by atoms with E-state index < -0.39 is 23.2 Å². The molecule has 27 heavy (non-hydrogen) atoms. The molecular weight excluding hydrogens is 391 g/mol. The fourth-order valence-corrected chi connectivity index (χ4v) is 3.50. The van der Waals surface area contributed by atoms with Crippen molar-refractivity contribution in [2.45, 2.75) is 33.0 Å². The van der Waals surface area contributed by atoms with Crippen molar-refractivity contribution >= 4 is 29.1 Å². The van der Waals surface area contributed by atoms with Crippen molar-refractivity contribution in [3.05, 3.63) is 61.5 Å². The number of fused-ring (bicyclic) bond motifs is 1. The molecule has 0 radical (unpaired) electrons. The average Bonchev–Trinajstić information content (AvgIpc) is 2.62. The Labute approximate surface area is 166 Å². The number of benzene rings is 1. The minimum absolute atomic E-state index is 0.0940. The summed E-state index contributed by atoms with van der Waals surface area (Å²) in [6, 6.07) is 6.30. The third kappa shape index (κ3) is 3.70. The number of carbonyl (C=O) groups excluding carboxylic acids is 1. The molecule has 1 aromatic carbocycles. The Morgan fingerprint density at radius 2 is 1.81 bits per heavy atom. The highest BCUT2D eigenvalue weighted by Crippen LogP contribution is 2.29. The zero-order valence-corrected chi connectivity index (χ0v) is 16.5. The average molecular weight is 411 g/mol. The van der Waals surface area contributed by atoms with Crippen LogP contribution in [0.25, 0.3) is 0 Å². The number of amides is 1. The molecule has 144 valence electrons. The number of hydrogen-bond donors (Lipinski definition) is 2. The second-order valence-corrected chi connectivity index (χ2v) is 7.76. The van der Waals surface area contributed by atoms with Gasteiger partial charge < -0.3 is 19.7 Å². The molecule has 0 spiro atoms. The van der Waals surface area contributed by atoms with E-state index in [0.717, 1.165) is 5.56 Å². The number of carbonyl (C=O) groups is 1. The number of aliphatic hydroxyl groups is 1. The van der Waals surface area contributed by atoms with Crippen molar-refractivity contribution in [2.24, 2.45) is 5.92 Å². The van der Waals surface area contributed by atoms with Crippen molar-refractivity contribution in [3.8, 4) is 5.75 Å². The lowest BCUT2D eigenvalue weighted by atomic mass is 10.0. The molecule has 1 aliphatic heterocycles. The van der Waals surface area contributed by atoms with E-state index in [1.807, 2.05) is 13.8 Å². The second-order valence-electron chi connectivity index (χ2n) is 6.95. The molecule has 1 aliphatic rings. The lowest BCUT2D eigenvalue weighted by Gasteiger charge is -2.33. The molecule has 0 saturated heterocycles. The largest absolute Gasteiger partial charge is 0.503 e. The van der Waals surface area contributed by atoms with Gasteiger partial charge in [-0.3, -0.25) is 9.59 Å². The molecule has 2 N–H and O–H groups in total. The van der Waals surface area contributed by atoms with Gasteiger partial charge in [0.05, 0.1) is 21.8 Å². The van der Waals surface area contributed by atoms with E-state index in [1.165, 1.54) is 15.5 Å². The molecule has 1 unspecified atom stereocenters. The highest BCUT2D eigenvalue weighted by atomic mass is 35.5. The third-order valence-corrected chi connectivity index (χ3v) is 5.43. The zero-order valence-electron chi connectivity index (χ0n) is 14.9. The van der Waals surface area contributed by atoms with Crippen LogP contribution >= 0.6 is 23.2 Å². The SMILES string of the molecule is CC(C)C(O)c1cc(=O)c(O)c2n1CCN(Cc1ccc(Cl)c(Cl)c1)C2=O. The summed E-state index contributed by atoms with van der Waals surface area (Å²) in [5.74, 6) is -1.21. The first-order valence-electron chi connectivity index (χ1n) is 8.58. The van der Waals surface area contributed by atoms with E-state index in [2.05, 4.69) is 0 Å². The van der Waals surface area contributed by atoms with Crippen LogP contribution < -0.4 is 5.43 Å². The van der Waals surface area contributed by atoms with Crippen LogP contribution in [-0.2, 0) is 13.1 Å². The number of aromatic nitrogens is 1. The van der Waals surface area contributed by atoms with Gasteiger partial charge in [-0.2, -0.15) is 0 Å². The van der Waals surface area contributed by atoms with E-state index in [9.17, 15) is 19.8 Å². The van der Waals surface area contributed by atoms with Gasteiger partial charge in [-0.1, -0.05) is 43.1 Å². The minimum atomic E-state index is -0.911. The van der Waals surface area contributed by atoms with Gasteiger partial charge in [0.25, 0.3) is 5.91 Å². The topological polar surface area (TPSA) is 82.8 Å². The van der Waals surface area contributed by atoms with Crippen LogP contribution in [0.2, 0.25) is 10.0 Å². The van der Waals surface area contributed by atoms with Crippen LogP contribution in [-0.4, -0.2) is 32.1 Å².